The minimum atomic E-state index is -0.319. The van der Waals surface area contributed by atoms with Crippen molar-refractivity contribution in [2.75, 3.05) is 6.61 Å². The van der Waals surface area contributed by atoms with Gasteiger partial charge in [0.25, 0.3) is 0 Å². The number of nitrogens with zero attached hydrogens (tertiary/aromatic N) is 2. The summed E-state index contributed by atoms with van der Waals surface area (Å²) in [7, 11) is 0. The molecule has 2 atom stereocenters. The monoisotopic (exact) mass is 271 g/mol. The third-order valence-corrected chi connectivity index (χ3v) is 3.58. The van der Waals surface area contributed by atoms with Crippen molar-refractivity contribution in [2.45, 2.75) is 25.4 Å². The van der Waals surface area contributed by atoms with Gasteiger partial charge in [-0.05, 0) is 19.1 Å². The van der Waals surface area contributed by atoms with Crippen LogP contribution in [0.1, 0.15) is 31.0 Å². The molecule has 20 heavy (non-hydrogen) atoms. The molecule has 0 saturated carbocycles. The van der Waals surface area contributed by atoms with E-state index in [0.29, 0.717) is 6.61 Å². The molecule has 5 heteroatoms. The van der Waals surface area contributed by atoms with Crippen LogP contribution in [0.5, 0.6) is 5.75 Å². The highest BCUT2D eigenvalue weighted by atomic mass is 16.5. The number of carbonyl (C=O) groups is 1. The van der Waals surface area contributed by atoms with Gasteiger partial charge in [-0.25, -0.2) is 0 Å². The first kappa shape index (κ1) is 12.7. The summed E-state index contributed by atoms with van der Waals surface area (Å²) in [5.41, 5.74) is 1.04. The van der Waals surface area contributed by atoms with Gasteiger partial charge in [0.05, 0.1) is 12.6 Å². The first-order valence-electron chi connectivity index (χ1n) is 6.77. The highest BCUT2D eigenvalue weighted by Crippen LogP contribution is 2.31. The zero-order valence-electron chi connectivity index (χ0n) is 11.3. The van der Waals surface area contributed by atoms with Gasteiger partial charge in [0, 0.05) is 24.4 Å². The molecule has 1 N–H and O–H groups in total. The lowest BCUT2D eigenvalue weighted by Gasteiger charge is -2.27. The zero-order chi connectivity index (χ0) is 13.9. The molecule has 0 saturated heterocycles. The smallest absolute Gasteiger partial charge is 0.245 e. The Bertz CT molecular complexity index is 595. The van der Waals surface area contributed by atoms with Crippen LogP contribution >= 0.6 is 0 Å². The van der Waals surface area contributed by atoms with Crippen molar-refractivity contribution in [2.24, 2.45) is 0 Å². The summed E-state index contributed by atoms with van der Waals surface area (Å²) >= 11 is 0. The van der Waals surface area contributed by atoms with Crippen molar-refractivity contribution in [1.82, 2.24) is 15.1 Å². The average molecular weight is 271 g/mol. The van der Waals surface area contributed by atoms with Gasteiger partial charge in [-0.3, -0.25) is 9.48 Å². The van der Waals surface area contributed by atoms with E-state index in [1.165, 1.54) is 0 Å². The lowest BCUT2D eigenvalue weighted by molar-refractivity contribution is -0.125. The van der Waals surface area contributed by atoms with Crippen molar-refractivity contribution in [3.63, 3.8) is 0 Å². The van der Waals surface area contributed by atoms with Crippen LogP contribution in [0.15, 0.2) is 42.7 Å². The second-order valence-corrected chi connectivity index (χ2v) is 4.90. The van der Waals surface area contributed by atoms with Crippen LogP contribution in [-0.2, 0) is 4.79 Å². The van der Waals surface area contributed by atoms with Gasteiger partial charge in [-0.1, -0.05) is 18.2 Å². The number of nitrogens with one attached hydrogen (secondary N) is 1. The van der Waals surface area contributed by atoms with Crippen molar-refractivity contribution in [3.05, 3.63) is 48.3 Å². The summed E-state index contributed by atoms with van der Waals surface area (Å²) in [6.45, 7) is 2.46. The topological polar surface area (TPSA) is 56.1 Å². The summed E-state index contributed by atoms with van der Waals surface area (Å²) in [6.07, 6.45) is 4.25. The van der Waals surface area contributed by atoms with E-state index in [4.69, 9.17) is 4.74 Å². The summed E-state index contributed by atoms with van der Waals surface area (Å²) < 4.78 is 7.25. The number of ether oxygens (including phenoxy) is 1. The Morgan fingerprint density at radius 3 is 3.10 bits per heavy atom. The van der Waals surface area contributed by atoms with E-state index in [1.807, 2.05) is 37.3 Å². The molecule has 0 fully saturated rings. The first-order chi connectivity index (χ1) is 9.75. The Labute approximate surface area is 117 Å². The number of amides is 1. The van der Waals surface area contributed by atoms with Gasteiger partial charge in [0.2, 0.25) is 5.91 Å². The standard InChI is InChI=1S/C15H17N3O2/c1-11(18-9-4-8-16-18)15(19)17-13-7-10-20-14-6-3-2-5-12(13)14/h2-6,8-9,11,13H,7,10H2,1H3,(H,17,19)/t11-,13+/m0/s1. The molecule has 0 unspecified atom stereocenters. The van der Waals surface area contributed by atoms with Crippen molar-refractivity contribution < 1.29 is 9.53 Å². The summed E-state index contributed by atoms with van der Waals surface area (Å²) in [6, 6.07) is 9.33. The summed E-state index contributed by atoms with van der Waals surface area (Å²) in [5.74, 6) is 0.825. The van der Waals surface area contributed by atoms with E-state index in [1.54, 1.807) is 17.1 Å². The number of para-hydroxylation sites is 1. The van der Waals surface area contributed by atoms with Gasteiger partial charge in [-0.2, -0.15) is 5.10 Å². The molecule has 2 aromatic rings. The maximum Gasteiger partial charge on any atom is 0.245 e. The molecule has 1 aliphatic heterocycles. The molecule has 1 aliphatic rings. The lowest BCUT2D eigenvalue weighted by atomic mass is 10.0. The fourth-order valence-electron chi connectivity index (χ4n) is 2.41. The van der Waals surface area contributed by atoms with E-state index in [-0.39, 0.29) is 18.0 Å². The SMILES string of the molecule is C[C@@H](C(=O)N[C@@H]1CCOc2ccccc21)n1cccn1. The van der Waals surface area contributed by atoms with Crippen LogP contribution in [0.25, 0.3) is 0 Å². The fourth-order valence-corrected chi connectivity index (χ4v) is 2.41. The maximum atomic E-state index is 12.3. The number of benzene rings is 1. The number of aromatic nitrogens is 2. The van der Waals surface area contributed by atoms with Gasteiger partial charge >= 0.3 is 0 Å². The van der Waals surface area contributed by atoms with E-state index >= 15 is 0 Å². The van der Waals surface area contributed by atoms with Crippen LogP contribution in [0.4, 0.5) is 0 Å². The predicted octanol–water partition coefficient (Wildman–Crippen LogP) is 2.08. The molecule has 3 rings (SSSR count). The van der Waals surface area contributed by atoms with E-state index in [0.717, 1.165) is 17.7 Å². The fraction of sp³-hybridized carbons (Fsp3) is 0.333. The second kappa shape index (κ2) is 5.36. The Morgan fingerprint density at radius 1 is 1.45 bits per heavy atom. The Hall–Kier alpha value is -2.30. The molecule has 1 amide bonds. The molecule has 104 valence electrons. The van der Waals surface area contributed by atoms with Crippen molar-refractivity contribution >= 4 is 5.91 Å². The Morgan fingerprint density at radius 2 is 2.30 bits per heavy atom. The van der Waals surface area contributed by atoms with Crippen molar-refractivity contribution in [1.29, 1.82) is 0 Å². The van der Waals surface area contributed by atoms with Crippen LogP contribution in [0.2, 0.25) is 0 Å². The minimum Gasteiger partial charge on any atom is -0.493 e. The minimum absolute atomic E-state index is 0.00506. The number of carbonyl (C=O) groups excluding carboxylic acids is 1. The van der Waals surface area contributed by atoms with Crippen LogP contribution in [-0.4, -0.2) is 22.3 Å². The summed E-state index contributed by atoms with van der Waals surface area (Å²) in [4.78, 5) is 12.3. The molecular weight excluding hydrogens is 254 g/mol. The average Bonchev–Trinajstić information content (AvgIpc) is 3.01. The molecule has 0 aliphatic carbocycles. The van der Waals surface area contributed by atoms with Gasteiger partial charge in [0.15, 0.2) is 0 Å². The zero-order valence-corrected chi connectivity index (χ0v) is 11.3. The Balaban J connectivity index is 1.74. The third-order valence-electron chi connectivity index (χ3n) is 3.58. The predicted molar refractivity (Wildman–Crippen MR) is 74.4 cm³/mol. The van der Waals surface area contributed by atoms with Crippen LogP contribution in [0, 0.1) is 0 Å². The molecule has 5 nitrogen and oxygen atoms in total. The maximum absolute atomic E-state index is 12.3. The van der Waals surface area contributed by atoms with E-state index in [9.17, 15) is 4.79 Å². The second-order valence-electron chi connectivity index (χ2n) is 4.90. The Kier molecular flexibility index (Phi) is 3.41. The number of hydrogen-bond acceptors (Lipinski definition) is 3. The third kappa shape index (κ3) is 2.39. The first-order valence-corrected chi connectivity index (χ1v) is 6.77. The van der Waals surface area contributed by atoms with Crippen LogP contribution in [0.3, 0.4) is 0 Å². The van der Waals surface area contributed by atoms with E-state index in [2.05, 4.69) is 10.4 Å². The molecule has 1 aromatic carbocycles. The number of hydrogen-bond donors (Lipinski definition) is 1. The molecule has 0 bridgehead atoms. The van der Waals surface area contributed by atoms with Gasteiger partial charge in [0.1, 0.15) is 11.8 Å². The van der Waals surface area contributed by atoms with Gasteiger partial charge in [-0.15, -0.1) is 0 Å². The number of fused-ring (bicyclic) bond motifs is 1. The molecular formula is C15H17N3O2. The number of rotatable bonds is 3. The molecule has 1 aromatic heterocycles. The highest BCUT2D eigenvalue weighted by molar-refractivity contribution is 5.80. The molecule has 0 radical (unpaired) electrons. The largest absolute Gasteiger partial charge is 0.493 e. The quantitative estimate of drug-likeness (QED) is 0.930. The summed E-state index contributed by atoms with van der Waals surface area (Å²) in [5, 5.41) is 7.19. The van der Waals surface area contributed by atoms with Gasteiger partial charge < -0.3 is 10.1 Å². The normalized spacial score (nSPS) is 18.8. The van der Waals surface area contributed by atoms with E-state index < -0.39 is 0 Å². The molecule has 0 spiro atoms. The van der Waals surface area contributed by atoms with Crippen molar-refractivity contribution in [3.8, 4) is 5.75 Å². The molecule has 2 heterocycles. The lowest BCUT2D eigenvalue weighted by Crippen LogP contribution is -2.36. The highest BCUT2D eigenvalue weighted by Gasteiger charge is 2.25. The van der Waals surface area contributed by atoms with Crippen LogP contribution < -0.4 is 10.1 Å².